The maximum absolute atomic E-state index is 12.0. The van der Waals surface area contributed by atoms with Gasteiger partial charge in [-0.25, -0.2) is 4.79 Å². The summed E-state index contributed by atoms with van der Waals surface area (Å²) in [6, 6.07) is 2.69. The minimum Gasteiger partial charge on any atom is -0.480 e. The maximum atomic E-state index is 12.0. The zero-order chi connectivity index (χ0) is 13.7. The summed E-state index contributed by atoms with van der Waals surface area (Å²) in [7, 11) is 1.78. The molecule has 0 radical (unpaired) electrons. The van der Waals surface area contributed by atoms with E-state index in [4.69, 9.17) is 5.11 Å². The molecule has 0 aliphatic heterocycles. The molecule has 1 heterocycles. The number of aromatic nitrogens is 1. The van der Waals surface area contributed by atoms with Gasteiger partial charge in [-0.3, -0.25) is 4.79 Å². The molecule has 0 bridgehead atoms. The molecule has 100 valence electrons. The second-order valence-electron chi connectivity index (χ2n) is 4.06. The number of carbonyl (C=O) groups is 2. The quantitative estimate of drug-likeness (QED) is 0.816. The van der Waals surface area contributed by atoms with Crippen LogP contribution < -0.4 is 5.32 Å². The lowest BCUT2D eigenvalue weighted by Gasteiger charge is -2.14. The highest BCUT2D eigenvalue weighted by Gasteiger charge is 2.21. The summed E-state index contributed by atoms with van der Waals surface area (Å²) >= 11 is 1.56. The fourth-order valence-corrected chi connectivity index (χ4v) is 2.04. The van der Waals surface area contributed by atoms with E-state index in [-0.39, 0.29) is 5.91 Å². The summed E-state index contributed by atoms with van der Waals surface area (Å²) in [6.45, 7) is 1.89. The normalized spacial score (nSPS) is 12.2. The molecule has 1 amide bonds. The number of thioether (sulfide) groups is 1. The van der Waals surface area contributed by atoms with Gasteiger partial charge < -0.3 is 15.0 Å². The molecule has 0 aliphatic carbocycles. The number of amides is 1. The van der Waals surface area contributed by atoms with E-state index in [1.54, 1.807) is 29.4 Å². The molecule has 0 aliphatic rings. The molecule has 5 nitrogen and oxygen atoms in total. The van der Waals surface area contributed by atoms with Gasteiger partial charge in [-0.05, 0) is 37.5 Å². The first-order chi connectivity index (χ1) is 8.47. The van der Waals surface area contributed by atoms with Crippen LogP contribution in [0.5, 0.6) is 0 Å². The molecule has 1 atom stereocenters. The molecule has 0 fully saturated rings. The number of carbonyl (C=O) groups excluding carboxylic acids is 1. The molecule has 2 N–H and O–H groups in total. The van der Waals surface area contributed by atoms with Gasteiger partial charge in [-0.2, -0.15) is 11.8 Å². The van der Waals surface area contributed by atoms with E-state index in [1.165, 1.54) is 0 Å². The fraction of sp³-hybridized carbons (Fsp3) is 0.500. The fourth-order valence-electron chi connectivity index (χ4n) is 1.57. The first-order valence-corrected chi connectivity index (χ1v) is 7.01. The van der Waals surface area contributed by atoms with Gasteiger partial charge >= 0.3 is 5.97 Å². The Labute approximate surface area is 111 Å². The lowest BCUT2D eigenvalue weighted by atomic mass is 10.2. The van der Waals surface area contributed by atoms with Crippen molar-refractivity contribution in [2.24, 2.45) is 7.05 Å². The SMILES string of the molecule is CSCC[C@@H](NC(=O)c1ccc(C)n1C)C(=O)O. The van der Waals surface area contributed by atoms with Crippen LogP contribution in [-0.2, 0) is 11.8 Å². The van der Waals surface area contributed by atoms with E-state index in [0.717, 1.165) is 5.69 Å². The van der Waals surface area contributed by atoms with Crippen LogP contribution in [0.1, 0.15) is 22.6 Å². The van der Waals surface area contributed by atoms with Crippen molar-refractivity contribution in [1.82, 2.24) is 9.88 Å². The number of carboxylic acids is 1. The summed E-state index contributed by atoms with van der Waals surface area (Å²) in [6.07, 6.45) is 2.33. The van der Waals surface area contributed by atoms with Crippen molar-refractivity contribution in [3.05, 3.63) is 23.5 Å². The summed E-state index contributed by atoms with van der Waals surface area (Å²) in [4.78, 5) is 23.0. The minimum absolute atomic E-state index is 0.348. The zero-order valence-electron chi connectivity index (χ0n) is 10.8. The number of rotatable bonds is 6. The van der Waals surface area contributed by atoms with Crippen molar-refractivity contribution < 1.29 is 14.7 Å². The van der Waals surface area contributed by atoms with Crippen LogP contribution in [0.4, 0.5) is 0 Å². The molecular formula is C12H18N2O3S. The summed E-state index contributed by atoms with van der Waals surface area (Å²) in [5.41, 5.74) is 1.43. The van der Waals surface area contributed by atoms with Crippen molar-refractivity contribution in [3.63, 3.8) is 0 Å². The lowest BCUT2D eigenvalue weighted by molar-refractivity contribution is -0.139. The predicted octanol–water partition coefficient (Wildman–Crippen LogP) is 1.27. The largest absolute Gasteiger partial charge is 0.480 e. The number of nitrogens with zero attached hydrogens (tertiary/aromatic N) is 1. The van der Waals surface area contributed by atoms with Crippen LogP contribution in [-0.4, -0.2) is 39.6 Å². The van der Waals surface area contributed by atoms with Gasteiger partial charge in [0.1, 0.15) is 11.7 Å². The first-order valence-electron chi connectivity index (χ1n) is 5.62. The van der Waals surface area contributed by atoms with Crippen LogP contribution >= 0.6 is 11.8 Å². The Hall–Kier alpha value is -1.43. The van der Waals surface area contributed by atoms with Gasteiger partial charge in [0.2, 0.25) is 0 Å². The molecule has 1 aromatic heterocycles. The Morgan fingerprint density at radius 1 is 1.50 bits per heavy atom. The number of aryl methyl sites for hydroxylation is 1. The third-order valence-corrected chi connectivity index (χ3v) is 3.46. The van der Waals surface area contributed by atoms with E-state index in [0.29, 0.717) is 17.9 Å². The molecule has 1 rings (SSSR count). The number of hydrogen-bond donors (Lipinski definition) is 2. The van der Waals surface area contributed by atoms with Crippen LogP contribution in [0.15, 0.2) is 12.1 Å². The van der Waals surface area contributed by atoms with E-state index < -0.39 is 12.0 Å². The topological polar surface area (TPSA) is 71.3 Å². The second kappa shape index (κ2) is 6.49. The molecule has 0 saturated carbocycles. The number of hydrogen-bond acceptors (Lipinski definition) is 3. The van der Waals surface area contributed by atoms with Gasteiger partial charge in [0.25, 0.3) is 5.91 Å². The highest BCUT2D eigenvalue weighted by molar-refractivity contribution is 7.98. The number of nitrogens with one attached hydrogen (secondary N) is 1. The monoisotopic (exact) mass is 270 g/mol. The van der Waals surface area contributed by atoms with Crippen molar-refractivity contribution in [2.45, 2.75) is 19.4 Å². The molecule has 0 saturated heterocycles. The van der Waals surface area contributed by atoms with Gasteiger partial charge in [-0.1, -0.05) is 0 Å². The zero-order valence-corrected chi connectivity index (χ0v) is 11.6. The highest BCUT2D eigenvalue weighted by Crippen LogP contribution is 2.07. The summed E-state index contributed by atoms with van der Waals surface area (Å²) < 4.78 is 1.74. The average molecular weight is 270 g/mol. The number of aliphatic carboxylic acids is 1. The van der Waals surface area contributed by atoms with E-state index in [2.05, 4.69) is 5.32 Å². The van der Waals surface area contributed by atoms with E-state index >= 15 is 0 Å². The smallest absolute Gasteiger partial charge is 0.326 e. The molecule has 6 heteroatoms. The van der Waals surface area contributed by atoms with Crippen molar-refractivity contribution in [2.75, 3.05) is 12.0 Å². The van der Waals surface area contributed by atoms with Gasteiger partial charge in [-0.15, -0.1) is 0 Å². The molecule has 0 spiro atoms. The summed E-state index contributed by atoms with van der Waals surface area (Å²) in [5.74, 6) is -0.647. The third-order valence-electron chi connectivity index (χ3n) is 2.82. The van der Waals surface area contributed by atoms with Crippen LogP contribution in [0.25, 0.3) is 0 Å². The van der Waals surface area contributed by atoms with Crippen LogP contribution in [0, 0.1) is 6.92 Å². The van der Waals surface area contributed by atoms with Gasteiger partial charge in [0.05, 0.1) is 0 Å². The Bertz CT molecular complexity index is 443. The Kier molecular flexibility index (Phi) is 5.27. The first kappa shape index (κ1) is 14.6. The maximum Gasteiger partial charge on any atom is 0.326 e. The molecule has 18 heavy (non-hydrogen) atoms. The van der Waals surface area contributed by atoms with Gasteiger partial charge in [0.15, 0.2) is 0 Å². The number of carboxylic acid groups (broad SMARTS) is 1. The van der Waals surface area contributed by atoms with Crippen molar-refractivity contribution in [3.8, 4) is 0 Å². The average Bonchev–Trinajstić information content (AvgIpc) is 2.65. The minimum atomic E-state index is -0.997. The Balaban J connectivity index is 2.72. The Morgan fingerprint density at radius 3 is 2.61 bits per heavy atom. The van der Waals surface area contributed by atoms with Crippen molar-refractivity contribution >= 4 is 23.6 Å². The molecule has 0 aromatic carbocycles. The van der Waals surface area contributed by atoms with Crippen LogP contribution in [0.3, 0.4) is 0 Å². The van der Waals surface area contributed by atoms with E-state index in [9.17, 15) is 9.59 Å². The molecule has 1 aromatic rings. The van der Waals surface area contributed by atoms with E-state index in [1.807, 2.05) is 19.2 Å². The molecule has 0 unspecified atom stereocenters. The standard InChI is InChI=1S/C12H18N2O3S/c1-8-4-5-10(14(8)2)11(15)13-9(12(16)17)6-7-18-3/h4-5,9H,6-7H2,1-3H3,(H,13,15)(H,16,17)/t9-/m1/s1. The summed E-state index contributed by atoms with van der Waals surface area (Å²) in [5, 5.41) is 11.6. The highest BCUT2D eigenvalue weighted by atomic mass is 32.2. The Morgan fingerprint density at radius 2 is 2.17 bits per heavy atom. The second-order valence-corrected chi connectivity index (χ2v) is 5.05. The van der Waals surface area contributed by atoms with Crippen LogP contribution in [0.2, 0.25) is 0 Å². The molecular weight excluding hydrogens is 252 g/mol. The van der Waals surface area contributed by atoms with Gasteiger partial charge in [0, 0.05) is 12.7 Å². The third kappa shape index (κ3) is 3.53. The van der Waals surface area contributed by atoms with Crippen molar-refractivity contribution in [1.29, 1.82) is 0 Å². The lowest BCUT2D eigenvalue weighted by Crippen LogP contribution is -2.41. The predicted molar refractivity (Wildman–Crippen MR) is 72.0 cm³/mol.